The summed E-state index contributed by atoms with van der Waals surface area (Å²) in [7, 11) is 0. The fourth-order valence-electron chi connectivity index (χ4n) is 1.84. The van der Waals surface area contributed by atoms with Crippen LogP contribution in [0.5, 0.6) is 0 Å². The lowest BCUT2D eigenvalue weighted by atomic mass is 10.2. The van der Waals surface area contributed by atoms with E-state index in [0.717, 1.165) is 27.3 Å². The molecule has 3 aromatic rings. The number of hydrogen-bond donors (Lipinski definition) is 2. The molecule has 0 aliphatic rings. The average molecular weight is 263 g/mol. The molecule has 4 heteroatoms. The van der Waals surface area contributed by atoms with Gasteiger partial charge in [0.2, 0.25) is 0 Å². The molecular weight excluding hydrogens is 252 g/mol. The number of hydrogen-bond acceptors (Lipinski definition) is 2. The van der Waals surface area contributed by atoms with Crippen LogP contribution in [-0.4, -0.2) is 4.98 Å². The van der Waals surface area contributed by atoms with Crippen molar-refractivity contribution < 1.29 is 0 Å². The first kappa shape index (κ1) is 10.7. The average Bonchev–Trinajstić information content (AvgIpc) is 2.96. The Morgan fingerprint density at radius 3 is 2.88 bits per heavy atom. The molecule has 3 rings (SSSR count). The van der Waals surface area contributed by atoms with Crippen LogP contribution < -0.4 is 5.32 Å². The van der Waals surface area contributed by atoms with E-state index in [9.17, 15) is 0 Å². The number of thiophene rings is 1. The Bertz CT molecular complexity index is 628. The molecule has 1 aromatic carbocycles. The summed E-state index contributed by atoms with van der Waals surface area (Å²) in [6.45, 7) is 0.713. The van der Waals surface area contributed by atoms with Crippen LogP contribution in [0.1, 0.15) is 5.69 Å². The van der Waals surface area contributed by atoms with Gasteiger partial charge < -0.3 is 10.3 Å². The van der Waals surface area contributed by atoms with Gasteiger partial charge in [-0.25, -0.2) is 0 Å². The summed E-state index contributed by atoms with van der Waals surface area (Å²) in [6, 6.07) is 10.1. The first-order valence-electron chi connectivity index (χ1n) is 5.36. The molecule has 86 valence electrons. The second-order valence-corrected chi connectivity index (χ2v) is 4.99. The van der Waals surface area contributed by atoms with E-state index in [1.807, 2.05) is 24.3 Å². The zero-order chi connectivity index (χ0) is 11.7. The molecule has 0 unspecified atom stereocenters. The Kier molecular flexibility index (Phi) is 2.79. The zero-order valence-electron chi connectivity index (χ0n) is 9.03. The predicted octanol–water partition coefficient (Wildman–Crippen LogP) is 4.49. The fraction of sp³-hybridized carbons (Fsp3) is 0.0769. The minimum Gasteiger partial charge on any atom is -0.379 e. The zero-order valence-corrected chi connectivity index (χ0v) is 10.6. The molecule has 0 amide bonds. The Balaban J connectivity index is 1.88. The Morgan fingerprint density at radius 1 is 1.24 bits per heavy atom. The number of aromatic nitrogens is 1. The number of nitrogens with one attached hydrogen (secondary N) is 2. The highest BCUT2D eigenvalue weighted by molar-refractivity contribution is 7.08. The van der Waals surface area contributed by atoms with Crippen molar-refractivity contribution in [3.63, 3.8) is 0 Å². The molecular formula is C13H11ClN2S. The second kappa shape index (κ2) is 4.43. The topological polar surface area (TPSA) is 27.8 Å². The predicted molar refractivity (Wildman–Crippen MR) is 75.0 cm³/mol. The summed E-state index contributed by atoms with van der Waals surface area (Å²) in [4.78, 5) is 3.34. The van der Waals surface area contributed by atoms with Crippen molar-refractivity contribution in [2.24, 2.45) is 0 Å². The van der Waals surface area contributed by atoms with Crippen molar-refractivity contribution in [3.05, 3.63) is 51.8 Å². The first-order chi connectivity index (χ1) is 8.34. The molecule has 2 N–H and O–H groups in total. The van der Waals surface area contributed by atoms with Gasteiger partial charge in [0.05, 0.1) is 17.3 Å². The summed E-state index contributed by atoms with van der Waals surface area (Å²) in [5.41, 5.74) is 3.24. The van der Waals surface area contributed by atoms with E-state index in [0.29, 0.717) is 6.54 Å². The summed E-state index contributed by atoms with van der Waals surface area (Å²) in [5.74, 6) is 0. The highest BCUT2D eigenvalue weighted by Gasteiger charge is 2.08. The van der Waals surface area contributed by atoms with Crippen molar-refractivity contribution in [3.8, 4) is 0 Å². The van der Waals surface area contributed by atoms with Crippen molar-refractivity contribution in [1.82, 2.24) is 4.98 Å². The molecule has 0 aliphatic heterocycles. The lowest BCUT2D eigenvalue weighted by Crippen LogP contribution is -1.98. The maximum absolute atomic E-state index is 6.33. The van der Waals surface area contributed by atoms with Gasteiger partial charge in [-0.15, -0.1) is 0 Å². The smallest absolute Gasteiger partial charge is 0.0710 e. The third-order valence-electron chi connectivity index (χ3n) is 2.70. The highest BCUT2D eigenvalue weighted by atomic mass is 35.5. The van der Waals surface area contributed by atoms with Gasteiger partial charge in [-0.05, 0) is 17.5 Å². The largest absolute Gasteiger partial charge is 0.379 e. The molecule has 0 radical (unpaired) electrons. The minimum atomic E-state index is 0.713. The van der Waals surface area contributed by atoms with Gasteiger partial charge in [0.1, 0.15) is 0 Å². The van der Waals surface area contributed by atoms with Crippen LogP contribution in [0.3, 0.4) is 0 Å². The van der Waals surface area contributed by atoms with Gasteiger partial charge >= 0.3 is 0 Å². The van der Waals surface area contributed by atoms with Crippen LogP contribution in [0.2, 0.25) is 5.02 Å². The van der Waals surface area contributed by atoms with Crippen LogP contribution >= 0.6 is 22.9 Å². The van der Waals surface area contributed by atoms with Gasteiger partial charge in [0, 0.05) is 22.0 Å². The van der Waals surface area contributed by atoms with Crippen LogP contribution in [0, 0.1) is 0 Å². The standard InChI is InChI=1S/C13H11ClN2S/c14-13-10-3-1-2-4-11(10)16-12(13)7-15-9-5-6-17-8-9/h1-6,8,15-16H,7H2. The molecule has 0 bridgehead atoms. The summed E-state index contributed by atoms with van der Waals surface area (Å²) >= 11 is 8.01. The van der Waals surface area contributed by atoms with Gasteiger partial charge in [0.25, 0.3) is 0 Å². The fourth-order valence-corrected chi connectivity index (χ4v) is 2.73. The van der Waals surface area contributed by atoms with Crippen molar-refractivity contribution >= 4 is 39.5 Å². The molecule has 0 atom stereocenters. The number of para-hydroxylation sites is 1. The number of rotatable bonds is 3. The molecule has 2 heterocycles. The second-order valence-electron chi connectivity index (χ2n) is 3.83. The van der Waals surface area contributed by atoms with Gasteiger partial charge in [-0.1, -0.05) is 29.8 Å². The summed E-state index contributed by atoms with van der Waals surface area (Å²) in [6.07, 6.45) is 0. The van der Waals surface area contributed by atoms with Crippen molar-refractivity contribution in [2.75, 3.05) is 5.32 Å². The highest BCUT2D eigenvalue weighted by Crippen LogP contribution is 2.27. The normalized spacial score (nSPS) is 10.9. The van der Waals surface area contributed by atoms with Crippen molar-refractivity contribution in [1.29, 1.82) is 0 Å². The van der Waals surface area contributed by atoms with E-state index in [2.05, 4.69) is 27.1 Å². The lowest BCUT2D eigenvalue weighted by molar-refractivity contribution is 1.09. The van der Waals surface area contributed by atoms with Crippen LogP contribution in [0.25, 0.3) is 10.9 Å². The Morgan fingerprint density at radius 2 is 2.12 bits per heavy atom. The van der Waals surface area contributed by atoms with E-state index in [-0.39, 0.29) is 0 Å². The van der Waals surface area contributed by atoms with Crippen LogP contribution in [0.4, 0.5) is 5.69 Å². The number of anilines is 1. The number of H-pyrrole nitrogens is 1. The molecule has 0 fully saturated rings. The summed E-state index contributed by atoms with van der Waals surface area (Å²) in [5, 5.41) is 9.36. The van der Waals surface area contributed by atoms with E-state index in [1.165, 1.54) is 0 Å². The maximum Gasteiger partial charge on any atom is 0.0710 e. The van der Waals surface area contributed by atoms with Crippen LogP contribution in [0.15, 0.2) is 41.1 Å². The summed E-state index contributed by atoms with van der Waals surface area (Å²) < 4.78 is 0. The van der Waals surface area contributed by atoms with E-state index in [4.69, 9.17) is 11.6 Å². The minimum absolute atomic E-state index is 0.713. The number of aromatic amines is 1. The van der Waals surface area contributed by atoms with E-state index in [1.54, 1.807) is 11.3 Å². The molecule has 0 aliphatic carbocycles. The number of halogens is 1. The number of fused-ring (bicyclic) bond motifs is 1. The third-order valence-corrected chi connectivity index (χ3v) is 3.82. The van der Waals surface area contributed by atoms with Crippen molar-refractivity contribution in [2.45, 2.75) is 6.54 Å². The quantitative estimate of drug-likeness (QED) is 0.715. The van der Waals surface area contributed by atoms with Gasteiger partial charge in [-0.3, -0.25) is 0 Å². The third kappa shape index (κ3) is 2.04. The molecule has 0 spiro atoms. The molecule has 2 aromatic heterocycles. The Hall–Kier alpha value is -1.45. The lowest BCUT2D eigenvalue weighted by Gasteiger charge is -2.02. The van der Waals surface area contributed by atoms with E-state index < -0.39 is 0 Å². The molecule has 17 heavy (non-hydrogen) atoms. The van der Waals surface area contributed by atoms with E-state index >= 15 is 0 Å². The number of benzene rings is 1. The Labute approximate surface area is 108 Å². The molecule has 0 saturated heterocycles. The van der Waals surface area contributed by atoms with Gasteiger partial charge in [-0.2, -0.15) is 11.3 Å². The molecule has 0 saturated carbocycles. The van der Waals surface area contributed by atoms with Gasteiger partial charge in [0.15, 0.2) is 0 Å². The molecule has 2 nitrogen and oxygen atoms in total. The maximum atomic E-state index is 6.33. The SMILES string of the molecule is Clc1c(CNc2ccsc2)[nH]c2ccccc12. The van der Waals surface area contributed by atoms with Crippen LogP contribution in [-0.2, 0) is 6.54 Å². The monoisotopic (exact) mass is 262 g/mol. The first-order valence-corrected chi connectivity index (χ1v) is 6.68.